The van der Waals surface area contributed by atoms with Crippen LogP contribution >= 0.6 is 0 Å². The van der Waals surface area contributed by atoms with E-state index in [1.54, 1.807) is 6.07 Å². The van der Waals surface area contributed by atoms with Crippen LogP contribution < -0.4 is 5.32 Å². The molecule has 3 heteroatoms. The number of benzene rings is 1. The highest BCUT2D eigenvalue weighted by Gasteiger charge is 2.17. The van der Waals surface area contributed by atoms with Gasteiger partial charge >= 0.3 is 0 Å². The summed E-state index contributed by atoms with van der Waals surface area (Å²) in [6, 6.07) is 8.15. The average Bonchev–Trinajstić information content (AvgIpc) is 2.38. The second-order valence-electron chi connectivity index (χ2n) is 4.72. The second-order valence-corrected chi connectivity index (χ2v) is 4.72. The summed E-state index contributed by atoms with van der Waals surface area (Å²) < 4.78 is 0. The first-order valence-electron chi connectivity index (χ1n) is 6.52. The Bertz CT molecular complexity index is 346. The van der Waals surface area contributed by atoms with Crippen molar-refractivity contribution in [3.05, 3.63) is 29.8 Å². The fourth-order valence-corrected chi connectivity index (χ4v) is 2.37. The van der Waals surface area contributed by atoms with Gasteiger partial charge in [0.05, 0.1) is 0 Å². The summed E-state index contributed by atoms with van der Waals surface area (Å²) in [5, 5.41) is 13.2. The van der Waals surface area contributed by atoms with E-state index < -0.39 is 0 Å². The van der Waals surface area contributed by atoms with Gasteiger partial charge in [-0.15, -0.1) is 0 Å². The van der Waals surface area contributed by atoms with Crippen LogP contribution in [0.3, 0.4) is 0 Å². The summed E-state index contributed by atoms with van der Waals surface area (Å²) in [4.78, 5) is 2.48. The molecule has 0 spiro atoms. The molecule has 0 saturated carbocycles. The Morgan fingerprint density at radius 2 is 2.00 bits per heavy atom. The first-order valence-corrected chi connectivity index (χ1v) is 6.52. The third-order valence-electron chi connectivity index (χ3n) is 3.61. The Labute approximate surface area is 103 Å². The number of para-hydroxylation sites is 1. The van der Waals surface area contributed by atoms with Gasteiger partial charge in [0.15, 0.2) is 0 Å². The Hall–Kier alpha value is -1.06. The van der Waals surface area contributed by atoms with Crippen LogP contribution in [-0.2, 0) is 6.54 Å². The molecule has 2 N–H and O–H groups in total. The molecule has 1 aromatic rings. The van der Waals surface area contributed by atoms with Crippen LogP contribution in [-0.4, -0.2) is 35.7 Å². The van der Waals surface area contributed by atoms with Crippen LogP contribution in [0.25, 0.3) is 0 Å². The molecule has 2 rings (SSSR count). The fraction of sp³-hybridized carbons (Fsp3) is 0.571. The van der Waals surface area contributed by atoms with Gasteiger partial charge in [-0.25, -0.2) is 0 Å². The number of phenolic OH excluding ortho intramolecular Hbond substituents is 1. The number of hydrogen-bond donors (Lipinski definition) is 2. The summed E-state index contributed by atoms with van der Waals surface area (Å²) in [6.45, 7) is 6.52. The van der Waals surface area contributed by atoms with Gasteiger partial charge in [0.2, 0.25) is 0 Å². The summed E-state index contributed by atoms with van der Waals surface area (Å²) in [7, 11) is 0. The SMILES string of the molecule is CCN1CCC(NCc2ccccc2O)CC1. The molecule has 1 aliphatic heterocycles. The van der Waals surface area contributed by atoms with Crippen molar-refractivity contribution in [2.24, 2.45) is 0 Å². The molecule has 0 radical (unpaired) electrons. The predicted molar refractivity (Wildman–Crippen MR) is 70.1 cm³/mol. The van der Waals surface area contributed by atoms with Gasteiger partial charge in [0, 0.05) is 18.2 Å². The standard InChI is InChI=1S/C14H22N2O/c1-2-16-9-7-13(8-10-16)15-11-12-5-3-4-6-14(12)17/h3-6,13,15,17H,2,7-11H2,1H3. The topological polar surface area (TPSA) is 35.5 Å². The summed E-state index contributed by atoms with van der Waals surface area (Å²) in [5.41, 5.74) is 0.991. The van der Waals surface area contributed by atoms with E-state index in [1.807, 2.05) is 18.2 Å². The first-order chi connectivity index (χ1) is 8.29. The third kappa shape index (κ3) is 3.45. The highest BCUT2D eigenvalue weighted by Crippen LogP contribution is 2.16. The van der Waals surface area contributed by atoms with Crippen molar-refractivity contribution in [1.82, 2.24) is 10.2 Å². The van der Waals surface area contributed by atoms with Crippen molar-refractivity contribution in [2.75, 3.05) is 19.6 Å². The van der Waals surface area contributed by atoms with E-state index in [-0.39, 0.29) is 0 Å². The average molecular weight is 234 g/mol. The van der Waals surface area contributed by atoms with E-state index in [4.69, 9.17) is 0 Å². The molecule has 17 heavy (non-hydrogen) atoms. The van der Waals surface area contributed by atoms with E-state index in [1.165, 1.54) is 25.9 Å². The van der Waals surface area contributed by atoms with Gasteiger partial charge < -0.3 is 15.3 Å². The van der Waals surface area contributed by atoms with Gasteiger partial charge in [-0.05, 0) is 38.5 Å². The normalized spacial score (nSPS) is 18.4. The molecule has 0 amide bonds. The molecule has 1 fully saturated rings. The molecule has 1 heterocycles. The molecule has 0 atom stereocenters. The minimum absolute atomic E-state index is 0.394. The summed E-state index contributed by atoms with van der Waals surface area (Å²) >= 11 is 0. The number of aromatic hydroxyl groups is 1. The highest BCUT2D eigenvalue weighted by atomic mass is 16.3. The Balaban J connectivity index is 1.78. The zero-order valence-electron chi connectivity index (χ0n) is 10.5. The lowest BCUT2D eigenvalue weighted by molar-refractivity contribution is 0.205. The highest BCUT2D eigenvalue weighted by molar-refractivity contribution is 5.31. The van der Waals surface area contributed by atoms with E-state index >= 15 is 0 Å². The van der Waals surface area contributed by atoms with E-state index in [0.717, 1.165) is 18.7 Å². The zero-order valence-corrected chi connectivity index (χ0v) is 10.5. The summed E-state index contributed by atoms with van der Waals surface area (Å²) in [6.07, 6.45) is 2.42. The lowest BCUT2D eigenvalue weighted by Crippen LogP contribution is -2.42. The van der Waals surface area contributed by atoms with Crippen molar-refractivity contribution in [3.63, 3.8) is 0 Å². The molecule has 94 valence electrons. The molecule has 0 aromatic heterocycles. The lowest BCUT2D eigenvalue weighted by atomic mass is 10.0. The number of piperidine rings is 1. The number of phenols is 1. The Morgan fingerprint density at radius 3 is 2.65 bits per heavy atom. The molecule has 0 aliphatic carbocycles. The summed E-state index contributed by atoms with van der Waals surface area (Å²) in [5.74, 6) is 0.394. The number of nitrogens with zero attached hydrogens (tertiary/aromatic N) is 1. The molecule has 1 aromatic carbocycles. The van der Waals surface area contributed by atoms with E-state index in [9.17, 15) is 5.11 Å². The van der Waals surface area contributed by atoms with Gasteiger partial charge in [0.1, 0.15) is 5.75 Å². The first kappa shape index (κ1) is 12.4. The number of nitrogens with one attached hydrogen (secondary N) is 1. The van der Waals surface area contributed by atoms with Gasteiger partial charge in [-0.2, -0.15) is 0 Å². The van der Waals surface area contributed by atoms with Gasteiger partial charge in [-0.1, -0.05) is 25.1 Å². The zero-order chi connectivity index (χ0) is 12.1. The Kier molecular flexibility index (Phi) is 4.40. The quantitative estimate of drug-likeness (QED) is 0.836. The van der Waals surface area contributed by atoms with Crippen LogP contribution in [0.4, 0.5) is 0 Å². The molecule has 1 aliphatic rings. The maximum atomic E-state index is 9.67. The van der Waals surface area contributed by atoms with Crippen LogP contribution in [0.15, 0.2) is 24.3 Å². The number of hydrogen-bond acceptors (Lipinski definition) is 3. The molecule has 1 saturated heterocycles. The van der Waals surface area contributed by atoms with Crippen LogP contribution in [0.2, 0.25) is 0 Å². The van der Waals surface area contributed by atoms with Crippen molar-refractivity contribution in [2.45, 2.75) is 32.4 Å². The van der Waals surface area contributed by atoms with Crippen molar-refractivity contribution >= 4 is 0 Å². The molecular formula is C14H22N2O. The maximum absolute atomic E-state index is 9.67. The van der Waals surface area contributed by atoms with Crippen molar-refractivity contribution in [3.8, 4) is 5.75 Å². The van der Waals surface area contributed by atoms with E-state index in [0.29, 0.717) is 11.8 Å². The lowest BCUT2D eigenvalue weighted by Gasteiger charge is -2.31. The van der Waals surface area contributed by atoms with Gasteiger partial charge in [0.25, 0.3) is 0 Å². The predicted octanol–water partition coefficient (Wildman–Crippen LogP) is 1.97. The molecule has 0 unspecified atom stereocenters. The molecular weight excluding hydrogens is 212 g/mol. The molecule has 0 bridgehead atoms. The van der Waals surface area contributed by atoms with Crippen molar-refractivity contribution < 1.29 is 5.11 Å². The minimum Gasteiger partial charge on any atom is -0.508 e. The van der Waals surface area contributed by atoms with Crippen LogP contribution in [0, 0.1) is 0 Å². The number of rotatable bonds is 4. The third-order valence-corrected chi connectivity index (χ3v) is 3.61. The van der Waals surface area contributed by atoms with Crippen LogP contribution in [0.5, 0.6) is 5.75 Å². The van der Waals surface area contributed by atoms with Crippen molar-refractivity contribution in [1.29, 1.82) is 0 Å². The smallest absolute Gasteiger partial charge is 0.120 e. The Morgan fingerprint density at radius 1 is 1.29 bits per heavy atom. The fourth-order valence-electron chi connectivity index (χ4n) is 2.37. The number of likely N-dealkylation sites (tertiary alicyclic amines) is 1. The van der Waals surface area contributed by atoms with E-state index in [2.05, 4.69) is 17.1 Å². The second kappa shape index (κ2) is 6.03. The van der Waals surface area contributed by atoms with Crippen LogP contribution in [0.1, 0.15) is 25.3 Å². The largest absolute Gasteiger partial charge is 0.508 e. The minimum atomic E-state index is 0.394. The monoisotopic (exact) mass is 234 g/mol. The molecule has 3 nitrogen and oxygen atoms in total. The van der Waals surface area contributed by atoms with Gasteiger partial charge in [-0.3, -0.25) is 0 Å². The maximum Gasteiger partial charge on any atom is 0.120 e.